The minimum absolute atomic E-state index is 0.123. The van der Waals surface area contributed by atoms with E-state index in [0.29, 0.717) is 6.61 Å². The van der Waals surface area contributed by atoms with Gasteiger partial charge in [0.15, 0.2) is 5.75 Å². The lowest BCUT2D eigenvalue weighted by Crippen LogP contribution is -2.01. The molecule has 3 nitrogen and oxygen atoms in total. The first-order valence-corrected chi connectivity index (χ1v) is 8.87. The van der Waals surface area contributed by atoms with Crippen LogP contribution in [0.1, 0.15) is 0 Å². The van der Waals surface area contributed by atoms with E-state index in [1.54, 1.807) is 11.8 Å². The van der Waals surface area contributed by atoms with E-state index in [1.165, 1.54) is 12.1 Å². The SMILES string of the molecule is CSCCOc1c(Cl)cc(S(=O)(=O)Cl)cc1Cl. The second-order valence-corrected chi connectivity index (χ2v) is 7.36. The average Bonchev–Trinajstić information content (AvgIpc) is 2.20. The molecule has 0 atom stereocenters. The quantitative estimate of drug-likeness (QED) is 0.608. The minimum atomic E-state index is -3.85. The maximum absolute atomic E-state index is 11.1. The van der Waals surface area contributed by atoms with Gasteiger partial charge in [0.05, 0.1) is 21.5 Å². The number of ether oxygens (including phenoxy) is 1. The fraction of sp³-hybridized carbons (Fsp3) is 0.333. The summed E-state index contributed by atoms with van der Waals surface area (Å²) in [5.41, 5.74) is 0. The third-order valence-electron chi connectivity index (χ3n) is 1.79. The highest BCUT2D eigenvalue weighted by molar-refractivity contribution is 8.13. The molecule has 0 N–H and O–H groups in total. The topological polar surface area (TPSA) is 43.4 Å². The molecule has 1 rings (SSSR count). The van der Waals surface area contributed by atoms with Crippen molar-refractivity contribution < 1.29 is 13.2 Å². The number of rotatable bonds is 5. The first kappa shape index (κ1) is 15.2. The molecule has 1 aromatic carbocycles. The molecular weight excluding hydrogens is 327 g/mol. The van der Waals surface area contributed by atoms with Gasteiger partial charge in [-0.1, -0.05) is 23.2 Å². The van der Waals surface area contributed by atoms with Crippen molar-refractivity contribution in [3.63, 3.8) is 0 Å². The molecule has 0 bridgehead atoms. The molecule has 0 spiro atoms. The van der Waals surface area contributed by atoms with E-state index < -0.39 is 9.05 Å². The van der Waals surface area contributed by atoms with Crippen molar-refractivity contribution in [2.75, 3.05) is 18.6 Å². The number of halogens is 3. The fourth-order valence-corrected chi connectivity index (χ4v) is 2.80. The largest absolute Gasteiger partial charge is 0.490 e. The molecule has 96 valence electrons. The Kier molecular flexibility index (Phi) is 5.73. The van der Waals surface area contributed by atoms with Crippen molar-refractivity contribution in [3.8, 4) is 5.75 Å². The van der Waals surface area contributed by atoms with Gasteiger partial charge in [-0.2, -0.15) is 11.8 Å². The summed E-state index contributed by atoms with van der Waals surface area (Å²) < 4.78 is 27.6. The molecule has 0 saturated heterocycles. The van der Waals surface area contributed by atoms with Crippen molar-refractivity contribution in [2.45, 2.75) is 4.90 Å². The Bertz CT molecular complexity index is 479. The summed E-state index contributed by atoms with van der Waals surface area (Å²) >= 11 is 13.4. The van der Waals surface area contributed by atoms with Gasteiger partial charge in [0.2, 0.25) is 0 Å². The molecule has 0 saturated carbocycles. The third-order valence-corrected chi connectivity index (χ3v) is 4.26. The number of hydrogen-bond donors (Lipinski definition) is 0. The number of benzene rings is 1. The lowest BCUT2D eigenvalue weighted by atomic mass is 10.3. The van der Waals surface area contributed by atoms with Gasteiger partial charge in [-0.15, -0.1) is 0 Å². The van der Waals surface area contributed by atoms with Crippen molar-refractivity contribution in [3.05, 3.63) is 22.2 Å². The van der Waals surface area contributed by atoms with Gasteiger partial charge in [0.1, 0.15) is 0 Å². The van der Waals surface area contributed by atoms with Crippen LogP contribution in [-0.4, -0.2) is 27.0 Å². The second kappa shape index (κ2) is 6.38. The van der Waals surface area contributed by atoms with E-state index in [2.05, 4.69) is 0 Å². The Balaban J connectivity index is 3.03. The Labute approximate surface area is 119 Å². The fourth-order valence-electron chi connectivity index (χ4n) is 1.04. The summed E-state index contributed by atoms with van der Waals surface area (Å²) in [7, 11) is 1.35. The Hall–Kier alpha value is 0.190. The standard InChI is InChI=1S/C9H9Cl3O3S2/c1-16-3-2-15-9-7(10)4-6(5-8(9)11)17(12,13)14/h4-5H,2-3H2,1H3. The summed E-state index contributed by atoms with van der Waals surface area (Å²) in [6.45, 7) is 0.438. The van der Waals surface area contributed by atoms with Gasteiger partial charge in [0, 0.05) is 16.4 Å². The van der Waals surface area contributed by atoms with Gasteiger partial charge in [-0.05, 0) is 18.4 Å². The lowest BCUT2D eigenvalue weighted by Gasteiger charge is -2.10. The predicted molar refractivity (Wildman–Crippen MR) is 73.4 cm³/mol. The average molecular weight is 336 g/mol. The van der Waals surface area contributed by atoms with Gasteiger partial charge in [-0.25, -0.2) is 8.42 Å². The second-order valence-electron chi connectivity index (χ2n) is 3.00. The molecule has 0 aliphatic heterocycles. The Morgan fingerprint density at radius 1 is 1.29 bits per heavy atom. The van der Waals surface area contributed by atoms with Crippen LogP contribution in [0, 0.1) is 0 Å². The molecule has 8 heteroatoms. The van der Waals surface area contributed by atoms with E-state index in [9.17, 15) is 8.42 Å². The Morgan fingerprint density at radius 2 is 1.82 bits per heavy atom. The van der Waals surface area contributed by atoms with Crippen molar-refractivity contribution in [1.82, 2.24) is 0 Å². The molecule has 0 aromatic heterocycles. The summed E-state index contributed by atoms with van der Waals surface area (Å²) in [5, 5.41) is 0.246. The molecule has 0 fully saturated rings. The van der Waals surface area contributed by atoms with Crippen LogP contribution in [0.5, 0.6) is 5.75 Å². The van der Waals surface area contributed by atoms with E-state index >= 15 is 0 Å². The Morgan fingerprint density at radius 3 is 2.24 bits per heavy atom. The van der Waals surface area contributed by atoms with Gasteiger partial charge >= 0.3 is 0 Å². The monoisotopic (exact) mass is 334 g/mol. The van der Waals surface area contributed by atoms with Crippen LogP contribution < -0.4 is 4.74 Å². The first-order valence-electron chi connectivity index (χ1n) is 4.41. The molecule has 0 unspecified atom stereocenters. The maximum atomic E-state index is 11.1. The summed E-state index contributed by atoms with van der Waals surface area (Å²) in [4.78, 5) is -0.147. The van der Waals surface area contributed by atoms with Crippen LogP contribution in [0.3, 0.4) is 0 Å². The zero-order valence-corrected chi connectivity index (χ0v) is 12.6. The molecule has 0 aliphatic carbocycles. The van der Waals surface area contributed by atoms with Crippen LogP contribution >= 0.6 is 45.6 Å². The van der Waals surface area contributed by atoms with Crippen molar-refractivity contribution in [1.29, 1.82) is 0 Å². The number of hydrogen-bond acceptors (Lipinski definition) is 4. The molecule has 17 heavy (non-hydrogen) atoms. The van der Waals surface area contributed by atoms with E-state index in [0.717, 1.165) is 5.75 Å². The van der Waals surface area contributed by atoms with Crippen LogP contribution in [0.4, 0.5) is 0 Å². The molecule has 0 aliphatic rings. The van der Waals surface area contributed by atoms with Crippen LogP contribution in [0.2, 0.25) is 10.0 Å². The van der Waals surface area contributed by atoms with Crippen LogP contribution in [0.25, 0.3) is 0 Å². The van der Waals surface area contributed by atoms with Crippen LogP contribution in [0.15, 0.2) is 17.0 Å². The molecule has 0 radical (unpaired) electrons. The lowest BCUT2D eigenvalue weighted by molar-refractivity contribution is 0.344. The highest BCUT2D eigenvalue weighted by atomic mass is 35.7. The highest BCUT2D eigenvalue weighted by Gasteiger charge is 2.16. The summed E-state index contributed by atoms with van der Waals surface area (Å²) in [6, 6.07) is 2.42. The van der Waals surface area contributed by atoms with Gasteiger partial charge in [-0.3, -0.25) is 0 Å². The van der Waals surface area contributed by atoms with E-state index in [4.69, 9.17) is 38.6 Å². The smallest absolute Gasteiger partial charge is 0.261 e. The predicted octanol–water partition coefficient (Wildman–Crippen LogP) is 3.66. The highest BCUT2D eigenvalue weighted by Crippen LogP contribution is 2.36. The normalized spacial score (nSPS) is 11.5. The molecule has 0 amide bonds. The van der Waals surface area contributed by atoms with Crippen molar-refractivity contribution >= 4 is 54.7 Å². The number of thioether (sulfide) groups is 1. The zero-order chi connectivity index (χ0) is 13.1. The van der Waals surface area contributed by atoms with Gasteiger partial charge in [0.25, 0.3) is 9.05 Å². The van der Waals surface area contributed by atoms with E-state index in [-0.39, 0.29) is 20.7 Å². The van der Waals surface area contributed by atoms with Crippen LogP contribution in [-0.2, 0) is 9.05 Å². The summed E-state index contributed by atoms with van der Waals surface area (Å²) in [6.07, 6.45) is 1.94. The molecular formula is C9H9Cl3O3S2. The van der Waals surface area contributed by atoms with Crippen molar-refractivity contribution in [2.24, 2.45) is 0 Å². The first-order chi connectivity index (χ1) is 7.86. The maximum Gasteiger partial charge on any atom is 0.261 e. The third kappa shape index (κ3) is 4.41. The molecule has 1 aromatic rings. The van der Waals surface area contributed by atoms with Gasteiger partial charge < -0.3 is 4.74 Å². The van der Waals surface area contributed by atoms with E-state index in [1.807, 2.05) is 6.26 Å². The molecule has 0 heterocycles. The minimum Gasteiger partial charge on any atom is -0.490 e. The summed E-state index contributed by atoms with van der Waals surface area (Å²) in [5.74, 6) is 1.05. The zero-order valence-electron chi connectivity index (χ0n) is 8.74.